The van der Waals surface area contributed by atoms with Gasteiger partial charge in [0.15, 0.2) is 11.5 Å². The van der Waals surface area contributed by atoms with E-state index in [-0.39, 0.29) is 30.4 Å². The van der Waals surface area contributed by atoms with Gasteiger partial charge in [-0.2, -0.15) is 0 Å². The molecular weight excluding hydrogens is 450 g/mol. The lowest BCUT2D eigenvalue weighted by atomic mass is 9.48. The molecule has 0 aromatic heterocycles. The Bertz CT molecular complexity index is 1050. The first kappa shape index (κ1) is 24.3. The fourth-order valence-electron chi connectivity index (χ4n) is 7.35. The van der Waals surface area contributed by atoms with Crippen molar-refractivity contribution in [3.05, 3.63) is 23.3 Å². The first-order valence-corrected chi connectivity index (χ1v) is 12.5. The lowest BCUT2D eigenvalue weighted by Gasteiger charge is -2.65. The van der Waals surface area contributed by atoms with Crippen molar-refractivity contribution in [2.45, 2.75) is 93.7 Å². The summed E-state index contributed by atoms with van der Waals surface area (Å²) >= 11 is 0. The Kier molecular flexibility index (Phi) is 5.62. The maximum absolute atomic E-state index is 13.0. The van der Waals surface area contributed by atoms with Crippen LogP contribution in [0.15, 0.2) is 12.1 Å². The number of phenols is 1. The molecule has 1 aromatic rings. The van der Waals surface area contributed by atoms with Crippen LogP contribution in [0.4, 0.5) is 0 Å². The summed E-state index contributed by atoms with van der Waals surface area (Å²) in [5.41, 5.74) is 6.06. The molecule has 1 amide bonds. The number of hydrogen-bond donors (Lipinski definition) is 3. The second-order valence-corrected chi connectivity index (χ2v) is 11.6. The van der Waals surface area contributed by atoms with E-state index in [1.54, 1.807) is 33.9 Å². The van der Waals surface area contributed by atoms with Crippen LogP contribution >= 0.6 is 0 Å². The second kappa shape index (κ2) is 8.08. The zero-order valence-corrected chi connectivity index (χ0v) is 21.2. The number of esters is 1. The van der Waals surface area contributed by atoms with Crippen molar-refractivity contribution in [1.82, 2.24) is 10.2 Å². The molecule has 1 aromatic carbocycles. The van der Waals surface area contributed by atoms with E-state index in [1.807, 2.05) is 6.07 Å². The average molecular weight is 488 g/mol. The predicted octanol–water partition coefficient (Wildman–Crippen LogP) is 1.37. The van der Waals surface area contributed by atoms with E-state index in [0.29, 0.717) is 12.2 Å². The molecule has 0 unspecified atom stereocenters. The molecule has 4 N–H and O–H groups in total. The van der Waals surface area contributed by atoms with Gasteiger partial charge in [-0.15, -0.1) is 0 Å². The minimum Gasteiger partial charge on any atom is -0.504 e. The minimum absolute atomic E-state index is 0.120. The standard InChI is InChI=1S/C26H37N3O6/c1-24(2,3)35-23(32)16(13-19(27)31)28-15-8-9-26(33-5)18-12-14-6-7-17(30)21-20(14)25(26,22(15)34-21)10-11-29(18)4/h6-7,15-16,18,22,28,30H,8-13H2,1-5H3,(H2,27,31)/t15-,16+,18-,22+,25+,26-/m1/s1. The number of nitrogens with one attached hydrogen (secondary N) is 1. The van der Waals surface area contributed by atoms with Crippen LogP contribution in [0.25, 0.3) is 0 Å². The number of carbonyl (C=O) groups is 2. The van der Waals surface area contributed by atoms with Crippen LogP contribution in [0.3, 0.4) is 0 Å². The number of piperidine rings is 1. The number of benzene rings is 1. The number of likely N-dealkylation sites (tertiary alicyclic amines) is 1. The number of amides is 1. The number of methoxy groups -OCH3 is 1. The summed E-state index contributed by atoms with van der Waals surface area (Å²) in [6.45, 7) is 6.25. The maximum atomic E-state index is 13.0. The number of likely N-dealkylation sites (N-methyl/N-ethyl adjacent to an activating group) is 1. The SMILES string of the molecule is CO[C@@]12CC[C@@H](N[C@@H](CC(N)=O)C(=O)OC(C)(C)C)[C@@H]3Oc4c(O)ccc5c4[C@@]31CCN(C)[C@@H]2C5. The zero-order valence-electron chi connectivity index (χ0n) is 21.2. The monoisotopic (exact) mass is 487 g/mol. The number of aromatic hydroxyl groups is 1. The Morgan fingerprint density at radius 2 is 2.09 bits per heavy atom. The van der Waals surface area contributed by atoms with Gasteiger partial charge >= 0.3 is 5.97 Å². The molecule has 2 aliphatic heterocycles. The average Bonchev–Trinajstić information content (AvgIpc) is 3.13. The molecule has 9 nitrogen and oxygen atoms in total. The predicted molar refractivity (Wildman–Crippen MR) is 128 cm³/mol. The minimum atomic E-state index is -0.894. The number of primary amides is 1. The van der Waals surface area contributed by atoms with Gasteiger partial charge < -0.3 is 30.0 Å². The third kappa shape index (κ3) is 3.46. The van der Waals surface area contributed by atoms with Crippen molar-refractivity contribution >= 4 is 11.9 Å². The van der Waals surface area contributed by atoms with Crippen molar-refractivity contribution in [3.8, 4) is 11.5 Å². The molecule has 5 rings (SSSR count). The van der Waals surface area contributed by atoms with Crippen LogP contribution in [0.5, 0.6) is 11.5 Å². The van der Waals surface area contributed by atoms with Crippen LogP contribution < -0.4 is 15.8 Å². The van der Waals surface area contributed by atoms with Gasteiger partial charge in [0.25, 0.3) is 0 Å². The van der Waals surface area contributed by atoms with Crippen molar-refractivity contribution in [1.29, 1.82) is 0 Å². The van der Waals surface area contributed by atoms with Crippen molar-refractivity contribution in [2.24, 2.45) is 5.73 Å². The Hall–Kier alpha value is -2.36. The van der Waals surface area contributed by atoms with E-state index < -0.39 is 34.5 Å². The van der Waals surface area contributed by atoms with Gasteiger partial charge in [-0.3, -0.25) is 14.9 Å². The molecule has 9 heteroatoms. The normalized spacial score (nSPS) is 34.0. The molecule has 2 fully saturated rings. The molecule has 192 valence electrons. The fraction of sp³-hybridized carbons (Fsp3) is 0.692. The van der Waals surface area contributed by atoms with Gasteiger partial charge in [0, 0.05) is 24.8 Å². The Morgan fingerprint density at radius 3 is 2.74 bits per heavy atom. The van der Waals surface area contributed by atoms with Crippen LogP contribution in [-0.2, 0) is 30.9 Å². The molecule has 2 heterocycles. The van der Waals surface area contributed by atoms with Crippen molar-refractivity contribution in [2.75, 3.05) is 20.7 Å². The largest absolute Gasteiger partial charge is 0.504 e. The molecule has 1 saturated carbocycles. The number of hydrogen-bond acceptors (Lipinski definition) is 8. The van der Waals surface area contributed by atoms with Crippen molar-refractivity contribution < 1.29 is 28.9 Å². The fourth-order valence-corrected chi connectivity index (χ4v) is 7.35. The maximum Gasteiger partial charge on any atom is 0.324 e. The summed E-state index contributed by atoms with van der Waals surface area (Å²) in [7, 11) is 3.92. The van der Waals surface area contributed by atoms with E-state index in [9.17, 15) is 14.7 Å². The van der Waals surface area contributed by atoms with Crippen LogP contribution in [0.2, 0.25) is 0 Å². The van der Waals surface area contributed by atoms with Gasteiger partial charge in [-0.1, -0.05) is 6.07 Å². The highest BCUT2D eigenvalue weighted by molar-refractivity contribution is 5.84. The van der Waals surface area contributed by atoms with Crippen LogP contribution in [0, 0.1) is 0 Å². The molecular formula is C26H37N3O6. The third-order valence-electron chi connectivity index (χ3n) is 8.57. The molecule has 35 heavy (non-hydrogen) atoms. The zero-order chi connectivity index (χ0) is 25.3. The Balaban J connectivity index is 1.56. The third-order valence-corrected chi connectivity index (χ3v) is 8.57. The first-order valence-electron chi connectivity index (χ1n) is 12.5. The van der Waals surface area contributed by atoms with Gasteiger partial charge in [0.2, 0.25) is 5.91 Å². The molecule has 6 atom stereocenters. The van der Waals surface area contributed by atoms with E-state index in [2.05, 4.69) is 17.3 Å². The highest BCUT2D eigenvalue weighted by atomic mass is 16.6. The number of rotatable bonds is 6. The first-order chi connectivity index (χ1) is 16.4. The van der Waals surface area contributed by atoms with E-state index in [4.69, 9.17) is 19.9 Å². The molecule has 2 aliphatic carbocycles. The van der Waals surface area contributed by atoms with E-state index in [0.717, 1.165) is 31.4 Å². The highest BCUT2D eigenvalue weighted by Crippen LogP contribution is 2.66. The molecule has 1 saturated heterocycles. The van der Waals surface area contributed by atoms with Crippen LogP contribution in [0.1, 0.15) is 57.6 Å². The summed E-state index contributed by atoms with van der Waals surface area (Å²) in [5, 5.41) is 14.2. The number of carbonyl (C=O) groups excluding carboxylic acids is 2. The summed E-state index contributed by atoms with van der Waals surface area (Å²) < 4.78 is 18.6. The summed E-state index contributed by atoms with van der Waals surface area (Å²) in [6.07, 6.45) is 2.50. The lowest BCUT2D eigenvalue weighted by molar-refractivity contribution is -0.204. The molecule has 0 radical (unpaired) electrons. The number of nitrogens with two attached hydrogens (primary N) is 1. The Morgan fingerprint density at radius 1 is 1.34 bits per heavy atom. The molecule has 4 aliphatic rings. The second-order valence-electron chi connectivity index (χ2n) is 11.6. The topological polar surface area (TPSA) is 123 Å². The number of phenolic OH excluding ortho intramolecular Hbond substituents is 1. The summed E-state index contributed by atoms with van der Waals surface area (Å²) in [4.78, 5) is 27.3. The summed E-state index contributed by atoms with van der Waals surface area (Å²) in [5.74, 6) is -0.452. The quantitative estimate of drug-likeness (QED) is 0.514. The van der Waals surface area contributed by atoms with Gasteiger partial charge in [-0.25, -0.2) is 0 Å². The summed E-state index contributed by atoms with van der Waals surface area (Å²) in [6, 6.07) is 2.72. The van der Waals surface area contributed by atoms with Crippen molar-refractivity contribution in [3.63, 3.8) is 0 Å². The highest BCUT2D eigenvalue weighted by Gasteiger charge is 2.73. The lowest BCUT2D eigenvalue weighted by Crippen LogP contribution is -2.78. The van der Waals surface area contributed by atoms with Crippen LogP contribution in [-0.4, -0.2) is 78.0 Å². The number of ether oxygens (including phenoxy) is 3. The molecule has 2 bridgehead atoms. The van der Waals surface area contributed by atoms with E-state index in [1.165, 1.54) is 5.56 Å². The Labute approximate surface area is 206 Å². The van der Waals surface area contributed by atoms with Gasteiger partial charge in [0.05, 0.1) is 17.4 Å². The van der Waals surface area contributed by atoms with E-state index >= 15 is 0 Å². The smallest absolute Gasteiger partial charge is 0.324 e. The molecule has 1 spiro atoms. The van der Waals surface area contributed by atoms with Gasteiger partial charge in [-0.05, 0) is 71.7 Å². The number of nitrogens with zero attached hydrogens (tertiary/aromatic N) is 1. The van der Waals surface area contributed by atoms with Gasteiger partial charge in [0.1, 0.15) is 17.7 Å².